The number of nitrogens with zero attached hydrogens (tertiary/aromatic N) is 4. The zero-order chi connectivity index (χ0) is 19.5. The predicted molar refractivity (Wildman–Crippen MR) is 108 cm³/mol. The summed E-state index contributed by atoms with van der Waals surface area (Å²) in [4.78, 5) is 21.6. The first kappa shape index (κ1) is 18.2. The third kappa shape index (κ3) is 3.63. The molecule has 4 rings (SSSR count). The topological polar surface area (TPSA) is 41.4 Å². The first-order chi connectivity index (χ1) is 13.7. The molecule has 1 aliphatic heterocycles. The van der Waals surface area contributed by atoms with E-state index in [4.69, 9.17) is 0 Å². The molecular weight excluding hydrogens is 355 g/mol. The van der Waals surface area contributed by atoms with Crippen LogP contribution in [0.25, 0.3) is 11.1 Å². The number of aromatic nitrogens is 2. The van der Waals surface area contributed by atoms with Crippen LogP contribution in [0.1, 0.15) is 17.4 Å². The van der Waals surface area contributed by atoms with Crippen LogP contribution in [0, 0.1) is 5.82 Å². The lowest BCUT2D eigenvalue weighted by molar-refractivity contribution is 0.0736. The average Bonchev–Trinajstić information content (AvgIpc) is 3.19. The van der Waals surface area contributed by atoms with Gasteiger partial charge in [-0.25, -0.2) is 9.37 Å². The Morgan fingerprint density at radius 3 is 2.43 bits per heavy atom. The van der Waals surface area contributed by atoms with Gasteiger partial charge in [0.2, 0.25) is 0 Å². The summed E-state index contributed by atoms with van der Waals surface area (Å²) >= 11 is 0. The second-order valence-corrected chi connectivity index (χ2v) is 6.87. The Hall–Kier alpha value is -3.15. The Labute approximate surface area is 164 Å². The molecule has 5 nitrogen and oxygen atoms in total. The Balaban J connectivity index is 1.50. The SMILES string of the molecule is CCn1cc(-c2ccc(F)cc2)cc1C(=O)N1CCN(c2ccccn2)CC1. The van der Waals surface area contributed by atoms with Gasteiger partial charge in [0.15, 0.2) is 0 Å². The van der Waals surface area contributed by atoms with Gasteiger partial charge in [-0.1, -0.05) is 18.2 Å². The van der Waals surface area contributed by atoms with Crippen LogP contribution in [0.4, 0.5) is 10.2 Å². The number of pyridine rings is 1. The largest absolute Gasteiger partial charge is 0.353 e. The van der Waals surface area contributed by atoms with Gasteiger partial charge in [0.1, 0.15) is 17.3 Å². The molecule has 1 aliphatic rings. The zero-order valence-corrected chi connectivity index (χ0v) is 15.9. The monoisotopic (exact) mass is 378 g/mol. The van der Waals surface area contributed by atoms with E-state index in [0.29, 0.717) is 25.3 Å². The highest BCUT2D eigenvalue weighted by atomic mass is 19.1. The van der Waals surface area contributed by atoms with E-state index in [0.717, 1.165) is 30.0 Å². The molecule has 0 atom stereocenters. The van der Waals surface area contributed by atoms with Gasteiger partial charge in [0.25, 0.3) is 5.91 Å². The maximum absolute atomic E-state index is 13.2. The maximum Gasteiger partial charge on any atom is 0.270 e. The predicted octanol–water partition coefficient (Wildman–Crippen LogP) is 3.67. The third-order valence-electron chi connectivity index (χ3n) is 5.17. The minimum atomic E-state index is -0.263. The van der Waals surface area contributed by atoms with Crippen LogP contribution in [0.2, 0.25) is 0 Å². The van der Waals surface area contributed by atoms with E-state index < -0.39 is 0 Å². The molecular formula is C22H23FN4O. The molecule has 0 saturated carbocycles. The maximum atomic E-state index is 13.2. The van der Waals surface area contributed by atoms with Gasteiger partial charge in [0, 0.05) is 50.7 Å². The van der Waals surface area contributed by atoms with E-state index in [-0.39, 0.29) is 11.7 Å². The van der Waals surface area contributed by atoms with Crippen molar-refractivity contribution in [1.82, 2.24) is 14.5 Å². The van der Waals surface area contributed by atoms with Gasteiger partial charge < -0.3 is 14.4 Å². The second kappa shape index (κ2) is 7.84. The highest BCUT2D eigenvalue weighted by molar-refractivity contribution is 5.94. The molecule has 0 bridgehead atoms. The standard InChI is InChI=1S/C22H23FN4O/c1-2-25-16-18(17-6-8-19(23)9-7-17)15-20(25)22(28)27-13-11-26(12-14-27)21-5-3-4-10-24-21/h3-10,15-16H,2,11-14H2,1H3. The Morgan fingerprint density at radius 2 is 1.79 bits per heavy atom. The summed E-state index contributed by atoms with van der Waals surface area (Å²) in [5, 5.41) is 0. The Kier molecular flexibility index (Phi) is 5.10. The van der Waals surface area contributed by atoms with Crippen LogP contribution in [-0.2, 0) is 6.54 Å². The lowest BCUT2D eigenvalue weighted by Crippen LogP contribution is -2.49. The molecule has 28 heavy (non-hydrogen) atoms. The number of aryl methyl sites for hydroxylation is 1. The summed E-state index contributed by atoms with van der Waals surface area (Å²) in [6.07, 6.45) is 3.75. The summed E-state index contributed by atoms with van der Waals surface area (Å²) < 4.78 is 15.2. The molecule has 0 aliphatic carbocycles. The van der Waals surface area contributed by atoms with Crippen LogP contribution in [0.5, 0.6) is 0 Å². The minimum Gasteiger partial charge on any atom is -0.353 e. The minimum absolute atomic E-state index is 0.0379. The fraction of sp³-hybridized carbons (Fsp3) is 0.273. The van der Waals surface area contributed by atoms with Crippen LogP contribution in [0.3, 0.4) is 0 Å². The number of hydrogen-bond acceptors (Lipinski definition) is 3. The van der Waals surface area contributed by atoms with E-state index in [1.807, 2.05) is 46.9 Å². The first-order valence-corrected chi connectivity index (χ1v) is 9.57. The molecule has 0 unspecified atom stereocenters. The number of halogens is 1. The van der Waals surface area contributed by atoms with Crippen molar-refractivity contribution >= 4 is 11.7 Å². The number of benzene rings is 1. The third-order valence-corrected chi connectivity index (χ3v) is 5.17. The molecule has 144 valence electrons. The van der Waals surface area contributed by atoms with E-state index in [1.165, 1.54) is 12.1 Å². The number of carbonyl (C=O) groups excluding carboxylic acids is 1. The quantitative estimate of drug-likeness (QED) is 0.696. The molecule has 1 amide bonds. The van der Waals surface area contributed by atoms with E-state index >= 15 is 0 Å². The van der Waals surface area contributed by atoms with Gasteiger partial charge in [-0.3, -0.25) is 4.79 Å². The summed E-state index contributed by atoms with van der Waals surface area (Å²) in [6, 6.07) is 14.1. The van der Waals surface area contributed by atoms with Crippen molar-refractivity contribution in [2.45, 2.75) is 13.5 Å². The van der Waals surface area contributed by atoms with Crippen molar-refractivity contribution in [1.29, 1.82) is 0 Å². The van der Waals surface area contributed by atoms with Crippen LogP contribution in [0.15, 0.2) is 60.9 Å². The number of hydrogen-bond donors (Lipinski definition) is 0. The summed E-state index contributed by atoms with van der Waals surface area (Å²) in [7, 11) is 0. The summed E-state index contributed by atoms with van der Waals surface area (Å²) in [5.41, 5.74) is 2.51. The van der Waals surface area contributed by atoms with Gasteiger partial charge in [-0.05, 0) is 42.8 Å². The van der Waals surface area contributed by atoms with Gasteiger partial charge in [-0.2, -0.15) is 0 Å². The lowest BCUT2D eigenvalue weighted by atomic mass is 10.1. The second-order valence-electron chi connectivity index (χ2n) is 6.87. The molecule has 3 aromatic rings. The van der Waals surface area contributed by atoms with Crippen LogP contribution >= 0.6 is 0 Å². The van der Waals surface area contributed by atoms with Crippen molar-refractivity contribution in [2.75, 3.05) is 31.1 Å². The molecule has 2 aromatic heterocycles. The Bertz CT molecular complexity index is 944. The van der Waals surface area contributed by atoms with Crippen LogP contribution < -0.4 is 4.90 Å². The van der Waals surface area contributed by atoms with Gasteiger partial charge in [0.05, 0.1) is 0 Å². The molecule has 1 aromatic carbocycles. The number of carbonyl (C=O) groups is 1. The van der Waals surface area contributed by atoms with Crippen molar-refractivity contribution in [3.05, 3.63) is 72.4 Å². The molecule has 1 saturated heterocycles. The molecule has 6 heteroatoms. The smallest absolute Gasteiger partial charge is 0.270 e. The van der Waals surface area contributed by atoms with Crippen molar-refractivity contribution < 1.29 is 9.18 Å². The summed E-state index contributed by atoms with van der Waals surface area (Å²) in [5.74, 6) is 0.724. The Morgan fingerprint density at radius 1 is 1.04 bits per heavy atom. The highest BCUT2D eigenvalue weighted by Gasteiger charge is 2.25. The molecule has 0 spiro atoms. The fourth-order valence-corrected chi connectivity index (χ4v) is 3.59. The van der Waals surface area contributed by atoms with Crippen molar-refractivity contribution in [2.24, 2.45) is 0 Å². The molecule has 0 N–H and O–H groups in total. The van der Waals surface area contributed by atoms with Crippen molar-refractivity contribution in [3.63, 3.8) is 0 Å². The molecule has 3 heterocycles. The number of piperazine rings is 1. The average molecular weight is 378 g/mol. The van der Waals surface area contributed by atoms with E-state index in [9.17, 15) is 9.18 Å². The molecule has 0 radical (unpaired) electrons. The van der Waals surface area contributed by atoms with Gasteiger partial charge >= 0.3 is 0 Å². The van der Waals surface area contributed by atoms with Crippen LogP contribution in [-0.4, -0.2) is 46.5 Å². The normalized spacial score (nSPS) is 14.4. The highest BCUT2D eigenvalue weighted by Crippen LogP contribution is 2.24. The van der Waals surface area contributed by atoms with E-state index in [2.05, 4.69) is 9.88 Å². The van der Waals surface area contributed by atoms with E-state index in [1.54, 1.807) is 18.3 Å². The fourth-order valence-electron chi connectivity index (χ4n) is 3.59. The number of amides is 1. The van der Waals surface area contributed by atoms with Gasteiger partial charge in [-0.15, -0.1) is 0 Å². The first-order valence-electron chi connectivity index (χ1n) is 9.57. The van der Waals surface area contributed by atoms with Crippen molar-refractivity contribution in [3.8, 4) is 11.1 Å². The molecule has 1 fully saturated rings. The summed E-state index contributed by atoms with van der Waals surface area (Å²) in [6.45, 7) is 5.58. The number of anilines is 1. The zero-order valence-electron chi connectivity index (χ0n) is 15.9. The lowest BCUT2D eigenvalue weighted by Gasteiger charge is -2.35. The number of rotatable bonds is 4.